The van der Waals surface area contributed by atoms with Crippen LogP contribution >= 0.6 is 0 Å². The smallest absolute Gasteiger partial charge is 0.175 e. The number of fused-ring (bicyclic) bond motifs is 1. The van der Waals surface area contributed by atoms with Crippen LogP contribution < -0.4 is 10.6 Å². The predicted molar refractivity (Wildman–Crippen MR) is 138 cm³/mol. The molecule has 0 aliphatic heterocycles. The van der Waals surface area contributed by atoms with Gasteiger partial charge in [-0.25, -0.2) is 28.4 Å². The largest absolute Gasteiger partial charge is 0.340 e. The van der Waals surface area contributed by atoms with E-state index in [0.29, 0.717) is 17.3 Å². The highest BCUT2D eigenvalue weighted by Gasteiger charge is 2.14. The monoisotopic (exact) mass is 482 g/mol. The molecule has 0 aliphatic rings. The van der Waals surface area contributed by atoms with Crippen LogP contribution in [0.1, 0.15) is 5.56 Å². The fraction of sp³-hybridized carbons (Fsp3) is 0.0769. The molecule has 5 aromatic rings. The molecule has 0 saturated heterocycles. The minimum atomic E-state index is -3.32. The Labute approximate surface area is 203 Å². The Morgan fingerprint density at radius 2 is 1.63 bits per heavy atom. The first kappa shape index (κ1) is 22.4. The van der Waals surface area contributed by atoms with Crippen molar-refractivity contribution in [3.8, 4) is 11.3 Å². The Bertz CT molecular complexity index is 1640. The van der Waals surface area contributed by atoms with Crippen molar-refractivity contribution in [3.63, 3.8) is 0 Å². The van der Waals surface area contributed by atoms with E-state index in [1.807, 2.05) is 49.4 Å². The van der Waals surface area contributed by atoms with E-state index >= 15 is 0 Å². The van der Waals surface area contributed by atoms with Crippen LogP contribution in [0, 0.1) is 6.92 Å². The average Bonchev–Trinajstić information content (AvgIpc) is 2.86. The van der Waals surface area contributed by atoms with Crippen LogP contribution in [0.2, 0.25) is 0 Å². The molecular formula is C26H22N6O2S. The number of sulfone groups is 1. The third-order valence-electron chi connectivity index (χ3n) is 5.59. The summed E-state index contributed by atoms with van der Waals surface area (Å²) in [6.07, 6.45) is 7.86. The summed E-state index contributed by atoms with van der Waals surface area (Å²) < 4.78 is 23.9. The standard InChI is InChI=1S/C26H22N6O2S/c1-17-8-9-21-20(10-14-29-25(21)31-18-5-3-6-19(15-18)35(2,33)34)24(17)32-26-22(7-4-12-28-26)23-11-13-27-16-30-23/h3-16H,1-2H3,(H,28,32)(H,29,31). The summed E-state index contributed by atoms with van der Waals surface area (Å²) in [5, 5.41) is 8.59. The molecule has 0 radical (unpaired) electrons. The molecule has 0 unspecified atom stereocenters. The fourth-order valence-electron chi connectivity index (χ4n) is 3.85. The van der Waals surface area contributed by atoms with E-state index in [2.05, 4.69) is 30.6 Å². The third-order valence-corrected chi connectivity index (χ3v) is 6.70. The summed E-state index contributed by atoms with van der Waals surface area (Å²) in [5.74, 6) is 1.29. The zero-order chi connectivity index (χ0) is 24.4. The zero-order valence-electron chi connectivity index (χ0n) is 19.1. The Kier molecular flexibility index (Phi) is 5.84. The molecule has 0 spiro atoms. The molecule has 2 aromatic carbocycles. The van der Waals surface area contributed by atoms with Gasteiger partial charge >= 0.3 is 0 Å². The van der Waals surface area contributed by atoms with Crippen molar-refractivity contribution in [3.05, 3.63) is 91.1 Å². The minimum absolute atomic E-state index is 0.244. The predicted octanol–water partition coefficient (Wildman–Crippen LogP) is 5.29. The maximum atomic E-state index is 12.0. The van der Waals surface area contributed by atoms with Gasteiger partial charge in [-0.15, -0.1) is 0 Å². The van der Waals surface area contributed by atoms with Gasteiger partial charge < -0.3 is 10.6 Å². The molecule has 35 heavy (non-hydrogen) atoms. The molecule has 0 atom stereocenters. The topological polar surface area (TPSA) is 110 Å². The van der Waals surface area contributed by atoms with Gasteiger partial charge in [0.15, 0.2) is 9.84 Å². The summed E-state index contributed by atoms with van der Waals surface area (Å²) in [6.45, 7) is 2.03. The fourth-order valence-corrected chi connectivity index (χ4v) is 4.52. The van der Waals surface area contributed by atoms with Crippen molar-refractivity contribution >= 4 is 43.6 Å². The number of aryl methyl sites for hydroxylation is 1. The Hall–Kier alpha value is -4.37. The van der Waals surface area contributed by atoms with E-state index in [1.165, 1.54) is 12.6 Å². The van der Waals surface area contributed by atoms with Crippen molar-refractivity contribution < 1.29 is 8.42 Å². The highest BCUT2D eigenvalue weighted by molar-refractivity contribution is 7.90. The molecule has 3 heterocycles. The van der Waals surface area contributed by atoms with Crippen molar-refractivity contribution in [2.24, 2.45) is 0 Å². The molecule has 8 nitrogen and oxygen atoms in total. The lowest BCUT2D eigenvalue weighted by atomic mass is 10.0. The summed E-state index contributed by atoms with van der Waals surface area (Å²) in [5.41, 5.74) is 4.19. The lowest BCUT2D eigenvalue weighted by molar-refractivity contribution is 0.602. The number of hydrogen-bond donors (Lipinski definition) is 2. The first-order valence-electron chi connectivity index (χ1n) is 10.8. The van der Waals surface area contributed by atoms with Gasteiger partial charge in [0.2, 0.25) is 0 Å². The quantitative estimate of drug-likeness (QED) is 0.336. The molecule has 5 rings (SSSR count). The molecule has 0 saturated carbocycles. The second kappa shape index (κ2) is 9.11. The lowest BCUT2D eigenvalue weighted by Gasteiger charge is -2.17. The van der Waals surface area contributed by atoms with Crippen LogP contribution in [0.4, 0.5) is 23.0 Å². The van der Waals surface area contributed by atoms with Gasteiger partial charge in [0.25, 0.3) is 0 Å². The van der Waals surface area contributed by atoms with E-state index in [-0.39, 0.29) is 4.90 Å². The van der Waals surface area contributed by atoms with Gasteiger partial charge in [-0.3, -0.25) is 0 Å². The molecule has 0 amide bonds. The average molecular weight is 483 g/mol. The second-order valence-electron chi connectivity index (χ2n) is 8.06. The number of hydrogen-bond acceptors (Lipinski definition) is 8. The normalized spacial score (nSPS) is 11.4. The van der Waals surface area contributed by atoms with Gasteiger partial charge in [-0.05, 0) is 55.0 Å². The maximum Gasteiger partial charge on any atom is 0.175 e. The van der Waals surface area contributed by atoms with E-state index in [4.69, 9.17) is 0 Å². The number of benzene rings is 2. The molecule has 2 N–H and O–H groups in total. The molecular weight excluding hydrogens is 460 g/mol. The van der Waals surface area contributed by atoms with E-state index in [1.54, 1.807) is 36.8 Å². The number of nitrogens with one attached hydrogen (secondary N) is 2. The van der Waals surface area contributed by atoms with Crippen LogP contribution in [-0.2, 0) is 9.84 Å². The minimum Gasteiger partial charge on any atom is -0.340 e. The highest BCUT2D eigenvalue weighted by atomic mass is 32.2. The molecule has 0 fully saturated rings. The Balaban J connectivity index is 1.56. The third kappa shape index (κ3) is 4.67. The van der Waals surface area contributed by atoms with Gasteiger partial charge in [-0.1, -0.05) is 18.2 Å². The molecule has 0 bridgehead atoms. The van der Waals surface area contributed by atoms with Crippen LogP contribution in [0.15, 0.2) is 90.5 Å². The lowest BCUT2D eigenvalue weighted by Crippen LogP contribution is -2.02. The van der Waals surface area contributed by atoms with Gasteiger partial charge in [0, 0.05) is 46.9 Å². The first-order chi connectivity index (χ1) is 16.9. The number of anilines is 4. The highest BCUT2D eigenvalue weighted by Crippen LogP contribution is 2.35. The van der Waals surface area contributed by atoms with Crippen LogP contribution in [0.3, 0.4) is 0 Å². The number of aromatic nitrogens is 4. The second-order valence-corrected chi connectivity index (χ2v) is 10.1. The maximum absolute atomic E-state index is 12.0. The van der Waals surface area contributed by atoms with Crippen LogP contribution in [-0.4, -0.2) is 34.6 Å². The Morgan fingerprint density at radius 1 is 0.771 bits per heavy atom. The van der Waals surface area contributed by atoms with Crippen molar-refractivity contribution in [2.75, 3.05) is 16.9 Å². The summed E-state index contributed by atoms with van der Waals surface area (Å²) in [7, 11) is -3.32. The molecule has 9 heteroatoms. The first-order valence-corrected chi connectivity index (χ1v) is 12.7. The van der Waals surface area contributed by atoms with E-state index in [0.717, 1.165) is 33.3 Å². The van der Waals surface area contributed by atoms with Gasteiger partial charge in [-0.2, -0.15) is 0 Å². The summed E-state index contributed by atoms with van der Waals surface area (Å²) in [4.78, 5) is 17.7. The molecule has 3 aromatic heterocycles. The SMILES string of the molecule is Cc1ccc2c(Nc3cccc(S(C)(=O)=O)c3)nccc2c1Nc1ncccc1-c1ccncn1. The van der Waals surface area contributed by atoms with Crippen LogP contribution in [0.25, 0.3) is 22.0 Å². The molecule has 174 valence electrons. The van der Waals surface area contributed by atoms with Crippen LogP contribution in [0.5, 0.6) is 0 Å². The summed E-state index contributed by atoms with van der Waals surface area (Å²) >= 11 is 0. The summed E-state index contributed by atoms with van der Waals surface area (Å²) in [6, 6.07) is 18.3. The van der Waals surface area contributed by atoms with Crippen molar-refractivity contribution in [2.45, 2.75) is 11.8 Å². The van der Waals surface area contributed by atoms with Gasteiger partial charge in [0.1, 0.15) is 18.0 Å². The van der Waals surface area contributed by atoms with Crippen molar-refractivity contribution in [1.82, 2.24) is 19.9 Å². The number of nitrogens with zero attached hydrogens (tertiary/aromatic N) is 4. The molecule has 0 aliphatic carbocycles. The number of pyridine rings is 2. The zero-order valence-corrected chi connectivity index (χ0v) is 19.9. The number of rotatable bonds is 6. The Morgan fingerprint density at radius 3 is 2.43 bits per heavy atom. The van der Waals surface area contributed by atoms with E-state index < -0.39 is 9.84 Å². The van der Waals surface area contributed by atoms with Gasteiger partial charge in [0.05, 0.1) is 16.3 Å². The van der Waals surface area contributed by atoms with E-state index in [9.17, 15) is 8.42 Å². The van der Waals surface area contributed by atoms with Crippen molar-refractivity contribution in [1.29, 1.82) is 0 Å².